The van der Waals surface area contributed by atoms with Gasteiger partial charge in [-0.1, -0.05) is 24.6 Å². The fraction of sp³-hybridized carbons (Fsp3) is 0.571. The summed E-state index contributed by atoms with van der Waals surface area (Å²) in [4.78, 5) is 0. The van der Waals surface area contributed by atoms with Gasteiger partial charge in [-0.3, -0.25) is 0 Å². The van der Waals surface area contributed by atoms with Crippen molar-refractivity contribution >= 4 is 0 Å². The third-order valence-corrected chi connectivity index (χ3v) is 3.20. The zero-order valence-corrected chi connectivity index (χ0v) is 11.1. The smallest absolute Gasteiger partial charge is 0.120 e. The van der Waals surface area contributed by atoms with E-state index < -0.39 is 5.60 Å². The predicted molar refractivity (Wildman–Crippen MR) is 70.2 cm³/mol. The number of hydrogen-bond acceptors (Lipinski definition) is 3. The van der Waals surface area contributed by atoms with Gasteiger partial charge in [-0.25, -0.2) is 0 Å². The van der Waals surface area contributed by atoms with Crippen molar-refractivity contribution in [1.82, 2.24) is 5.32 Å². The van der Waals surface area contributed by atoms with Gasteiger partial charge in [0, 0.05) is 18.2 Å². The van der Waals surface area contributed by atoms with Gasteiger partial charge in [0.1, 0.15) is 5.75 Å². The summed E-state index contributed by atoms with van der Waals surface area (Å²) in [5, 5.41) is 23.0. The van der Waals surface area contributed by atoms with Crippen molar-refractivity contribution in [3.63, 3.8) is 0 Å². The topological polar surface area (TPSA) is 52.5 Å². The Hall–Kier alpha value is -1.06. The molecule has 0 saturated carbocycles. The first-order valence-electron chi connectivity index (χ1n) is 6.11. The Morgan fingerprint density at radius 3 is 2.65 bits per heavy atom. The van der Waals surface area contributed by atoms with Crippen molar-refractivity contribution in [1.29, 1.82) is 0 Å². The van der Waals surface area contributed by atoms with Crippen LogP contribution in [0.25, 0.3) is 0 Å². The van der Waals surface area contributed by atoms with Crippen LogP contribution in [0.2, 0.25) is 0 Å². The second-order valence-electron chi connectivity index (χ2n) is 5.02. The fourth-order valence-electron chi connectivity index (χ4n) is 1.63. The van der Waals surface area contributed by atoms with Gasteiger partial charge >= 0.3 is 0 Å². The number of aromatic hydroxyl groups is 1. The lowest BCUT2D eigenvalue weighted by molar-refractivity contribution is 0.0533. The molecule has 3 nitrogen and oxygen atoms in total. The van der Waals surface area contributed by atoms with Crippen molar-refractivity contribution in [2.45, 2.75) is 45.8 Å². The lowest BCUT2D eigenvalue weighted by Crippen LogP contribution is -2.38. The van der Waals surface area contributed by atoms with Gasteiger partial charge in [-0.2, -0.15) is 0 Å². The number of phenols is 1. The number of benzene rings is 1. The fourth-order valence-corrected chi connectivity index (χ4v) is 1.63. The normalized spacial score (nSPS) is 16.5. The molecule has 17 heavy (non-hydrogen) atoms. The zero-order chi connectivity index (χ0) is 13.1. The maximum Gasteiger partial charge on any atom is 0.120 e. The largest absolute Gasteiger partial charge is 0.508 e. The van der Waals surface area contributed by atoms with E-state index in [1.807, 2.05) is 39.8 Å². The van der Waals surface area contributed by atoms with E-state index in [1.54, 1.807) is 6.07 Å². The first kappa shape index (κ1) is 14.0. The molecule has 0 aliphatic rings. The molecule has 0 aromatic heterocycles. The van der Waals surface area contributed by atoms with Gasteiger partial charge in [0.05, 0.1) is 5.60 Å². The molecule has 3 N–H and O–H groups in total. The monoisotopic (exact) mass is 237 g/mol. The number of phenolic OH excluding ortho intramolecular Hbond substituents is 1. The van der Waals surface area contributed by atoms with E-state index in [0.29, 0.717) is 18.7 Å². The summed E-state index contributed by atoms with van der Waals surface area (Å²) in [5.74, 6) is 0.298. The molecule has 0 bridgehead atoms. The van der Waals surface area contributed by atoms with Crippen molar-refractivity contribution in [2.75, 3.05) is 6.54 Å². The summed E-state index contributed by atoms with van der Waals surface area (Å²) in [6.07, 6.45) is 0.701. The minimum absolute atomic E-state index is 0.0212. The van der Waals surface area contributed by atoms with Gasteiger partial charge in [0.2, 0.25) is 0 Å². The van der Waals surface area contributed by atoms with Crippen LogP contribution in [0.3, 0.4) is 0 Å². The first-order valence-corrected chi connectivity index (χ1v) is 6.11. The Bertz CT molecular complexity index is 374. The second kappa shape index (κ2) is 5.52. The summed E-state index contributed by atoms with van der Waals surface area (Å²) in [7, 11) is 0. The van der Waals surface area contributed by atoms with Crippen LogP contribution in [-0.2, 0) is 0 Å². The molecule has 0 radical (unpaired) electrons. The van der Waals surface area contributed by atoms with Crippen LogP contribution >= 0.6 is 0 Å². The molecular formula is C14H23NO2. The van der Waals surface area contributed by atoms with Gasteiger partial charge in [0.25, 0.3) is 0 Å². The summed E-state index contributed by atoms with van der Waals surface area (Å²) in [6.45, 7) is 8.26. The molecule has 1 aromatic carbocycles. The highest BCUT2D eigenvalue weighted by molar-refractivity contribution is 5.37. The van der Waals surface area contributed by atoms with Crippen LogP contribution in [0.1, 0.15) is 44.4 Å². The van der Waals surface area contributed by atoms with E-state index >= 15 is 0 Å². The maximum atomic E-state index is 9.92. The molecule has 0 fully saturated rings. The van der Waals surface area contributed by atoms with Crippen molar-refractivity contribution in [2.24, 2.45) is 0 Å². The maximum absolute atomic E-state index is 9.92. The van der Waals surface area contributed by atoms with E-state index in [-0.39, 0.29) is 6.04 Å². The zero-order valence-electron chi connectivity index (χ0n) is 11.1. The van der Waals surface area contributed by atoms with Crippen LogP contribution in [0, 0.1) is 6.92 Å². The molecule has 0 spiro atoms. The van der Waals surface area contributed by atoms with Crippen molar-refractivity contribution in [3.05, 3.63) is 29.3 Å². The number of rotatable bonds is 5. The number of aliphatic hydroxyl groups is 1. The number of hydrogen-bond donors (Lipinski definition) is 3. The molecule has 2 atom stereocenters. The Labute approximate surface area is 103 Å². The molecular weight excluding hydrogens is 214 g/mol. The molecule has 0 aliphatic heterocycles. The molecule has 2 unspecified atom stereocenters. The number of nitrogens with one attached hydrogen (secondary N) is 1. The van der Waals surface area contributed by atoms with Crippen LogP contribution in [0.4, 0.5) is 0 Å². The standard InChI is InChI=1S/C14H23NO2/c1-5-14(4,17)9-15-11(3)12-8-10(2)6-7-13(12)16/h6-8,11,15-17H,5,9H2,1-4H3. The van der Waals surface area contributed by atoms with E-state index in [0.717, 1.165) is 11.1 Å². The SMILES string of the molecule is CCC(C)(O)CNC(C)c1cc(C)ccc1O. The van der Waals surface area contributed by atoms with E-state index in [9.17, 15) is 10.2 Å². The third-order valence-electron chi connectivity index (χ3n) is 3.20. The van der Waals surface area contributed by atoms with Gasteiger partial charge < -0.3 is 15.5 Å². The quantitative estimate of drug-likeness (QED) is 0.737. The molecule has 1 rings (SSSR count). The average Bonchev–Trinajstić information content (AvgIpc) is 2.29. The van der Waals surface area contributed by atoms with Crippen LogP contribution < -0.4 is 5.32 Å². The summed E-state index contributed by atoms with van der Waals surface area (Å²) in [5.41, 5.74) is 1.29. The van der Waals surface area contributed by atoms with Crippen LogP contribution in [0.15, 0.2) is 18.2 Å². The lowest BCUT2D eigenvalue weighted by atomic mass is 10.0. The minimum atomic E-state index is -0.701. The van der Waals surface area contributed by atoms with Crippen molar-refractivity contribution in [3.8, 4) is 5.75 Å². The summed E-state index contributed by atoms with van der Waals surface area (Å²) in [6, 6.07) is 5.58. The van der Waals surface area contributed by atoms with E-state index in [1.165, 1.54) is 0 Å². The summed E-state index contributed by atoms with van der Waals surface area (Å²) < 4.78 is 0. The molecule has 0 amide bonds. The van der Waals surface area contributed by atoms with Gasteiger partial charge in [-0.15, -0.1) is 0 Å². The minimum Gasteiger partial charge on any atom is -0.508 e. The lowest BCUT2D eigenvalue weighted by Gasteiger charge is -2.25. The Kier molecular flexibility index (Phi) is 4.54. The molecule has 0 heterocycles. The highest BCUT2D eigenvalue weighted by Gasteiger charge is 2.19. The molecule has 0 aliphatic carbocycles. The molecule has 3 heteroatoms. The molecule has 0 saturated heterocycles. The first-order chi connectivity index (χ1) is 7.85. The van der Waals surface area contributed by atoms with E-state index in [2.05, 4.69) is 5.32 Å². The van der Waals surface area contributed by atoms with E-state index in [4.69, 9.17) is 0 Å². The number of aryl methyl sites for hydroxylation is 1. The molecule has 1 aromatic rings. The third kappa shape index (κ3) is 4.02. The predicted octanol–water partition coefficient (Wildman–Crippen LogP) is 2.51. The van der Waals surface area contributed by atoms with Gasteiger partial charge in [-0.05, 0) is 33.3 Å². The summed E-state index contributed by atoms with van der Waals surface area (Å²) >= 11 is 0. The Balaban J connectivity index is 2.70. The highest BCUT2D eigenvalue weighted by atomic mass is 16.3. The average molecular weight is 237 g/mol. The molecule has 96 valence electrons. The Morgan fingerprint density at radius 1 is 1.41 bits per heavy atom. The van der Waals surface area contributed by atoms with Crippen LogP contribution in [-0.4, -0.2) is 22.4 Å². The van der Waals surface area contributed by atoms with Gasteiger partial charge in [0.15, 0.2) is 0 Å². The van der Waals surface area contributed by atoms with Crippen LogP contribution in [0.5, 0.6) is 5.75 Å². The second-order valence-corrected chi connectivity index (χ2v) is 5.02. The van der Waals surface area contributed by atoms with Crippen molar-refractivity contribution < 1.29 is 10.2 Å². The Morgan fingerprint density at radius 2 is 2.06 bits per heavy atom. The highest BCUT2D eigenvalue weighted by Crippen LogP contribution is 2.25.